The minimum Gasteiger partial charge on any atom is -0.248 e. The van der Waals surface area contributed by atoms with Crippen molar-refractivity contribution < 1.29 is 4.39 Å². The predicted octanol–water partition coefficient (Wildman–Crippen LogP) is 3.16. The van der Waals surface area contributed by atoms with Crippen molar-refractivity contribution in [2.45, 2.75) is 19.9 Å². The van der Waals surface area contributed by atoms with Gasteiger partial charge < -0.3 is 0 Å². The summed E-state index contributed by atoms with van der Waals surface area (Å²) >= 11 is 6.09. The van der Waals surface area contributed by atoms with Crippen LogP contribution in [0.25, 0.3) is 0 Å². The van der Waals surface area contributed by atoms with Gasteiger partial charge in [0.15, 0.2) is 0 Å². The van der Waals surface area contributed by atoms with Crippen LogP contribution in [0.1, 0.15) is 23.7 Å². The van der Waals surface area contributed by atoms with Crippen LogP contribution in [-0.4, -0.2) is 9.78 Å². The first-order chi connectivity index (χ1) is 8.65. The average Bonchev–Trinajstić information content (AvgIpc) is 2.68. The number of aryl methyl sites for hydroxylation is 1. The summed E-state index contributed by atoms with van der Waals surface area (Å²) in [7, 11) is 0. The zero-order chi connectivity index (χ0) is 13.1. The van der Waals surface area contributed by atoms with Crippen LogP contribution in [0.15, 0.2) is 24.3 Å². The number of hydrogen-bond acceptors (Lipinski definition) is 2. The summed E-state index contributed by atoms with van der Waals surface area (Å²) in [6, 6.07) is 8.17. The third kappa shape index (κ3) is 2.36. The second-order valence-corrected chi connectivity index (χ2v) is 4.22. The van der Waals surface area contributed by atoms with E-state index in [0.717, 1.165) is 5.56 Å². The highest BCUT2D eigenvalue weighted by Gasteiger charge is 2.14. The molecule has 0 aliphatic rings. The molecule has 0 N–H and O–H groups in total. The predicted molar refractivity (Wildman–Crippen MR) is 66.8 cm³/mol. The Balaban J connectivity index is 2.32. The molecule has 0 radical (unpaired) electrons. The first-order valence-electron chi connectivity index (χ1n) is 5.55. The lowest BCUT2D eigenvalue weighted by atomic mass is 10.2. The first kappa shape index (κ1) is 12.6. The van der Waals surface area contributed by atoms with Crippen LogP contribution < -0.4 is 0 Å². The minimum atomic E-state index is -0.280. The van der Waals surface area contributed by atoms with E-state index in [-0.39, 0.29) is 5.82 Å². The largest absolute Gasteiger partial charge is 0.248 e. The Hall–Kier alpha value is -1.86. The number of rotatable bonds is 3. The number of aromatic nitrogens is 2. The molecule has 0 fully saturated rings. The van der Waals surface area contributed by atoms with Gasteiger partial charge >= 0.3 is 0 Å². The maximum atomic E-state index is 12.8. The Labute approximate surface area is 109 Å². The van der Waals surface area contributed by atoms with E-state index in [1.165, 1.54) is 12.1 Å². The zero-order valence-electron chi connectivity index (χ0n) is 9.82. The molecule has 0 saturated heterocycles. The molecular weight excluding hydrogens is 253 g/mol. The van der Waals surface area contributed by atoms with Gasteiger partial charge in [-0.15, -0.1) is 0 Å². The van der Waals surface area contributed by atoms with Gasteiger partial charge in [-0.3, -0.25) is 0 Å². The fourth-order valence-electron chi connectivity index (χ4n) is 1.71. The lowest BCUT2D eigenvalue weighted by Crippen LogP contribution is -2.02. The molecule has 1 aromatic heterocycles. The van der Waals surface area contributed by atoms with Crippen molar-refractivity contribution in [3.8, 4) is 6.07 Å². The van der Waals surface area contributed by atoms with Crippen molar-refractivity contribution in [2.75, 3.05) is 0 Å². The van der Waals surface area contributed by atoms with E-state index in [2.05, 4.69) is 11.2 Å². The highest BCUT2D eigenvalue weighted by molar-refractivity contribution is 6.30. The van der Waals surface area contributed by atoms with E-state index < -0.39 is 0 Å². The Bertz CT molecular complexity index is 596. The Morgan fingerprint density at radius 2 is 2.06 bits per heavy atom. The molecule has 0 aliphatic heterocycles. The molecule has 0 spiro atoms. The summed E-state index contributed by atoms with van der Waals surface area (Å²) in [6.07, 6.45) is 0.652. The lowest BCUT2D eigenvalue weighted by molar-refractivity contribution is 0.624. The van der Waals surface area contributed by atoms with Crippen LogP contribution in [-0.2, 0) is 13.0 Å². The molecule has 1 heterocycles. The fourth-order valence-corrected chi connectivity index (χ4v) is 1.96. The highest BCUT2D eigenvalue weighted by atomic mass is 35.5. The number of nitriles is 1. The van der Waals surface area contributed by atoms with Crippen LogP contribution in [0, 0.1) is 17.1 Å². The maximum Gasteiger partial charge on any atom is 0.145 e. The summed E-state index contributed by atoms with van der Waals surface area (Å²) in [6.45, 7) is 2.34. The smallest absolute Gasteiger partial charge is 0.145 e. The average molecular weight is 264 g/mol. The molecule has 92 valence electrons. The molecule has 0 atom stereocenters. The lowest BCUT2D eigenvalue weighted by Gasteiger charge is -2.03. The maximum absolute atomic E-state index is 12.8. The third-order valence-electron chi connectivity index (χ3n) is 2.66. The standard InChI is InChI=1S/C13H11ClFN3/c1-2-12-11(7-16)13(14)18(17-12)8-9-3-5-10(15)6-4-9/h3-6H,2,8H2,1H3. The van der Waals surface area contributed by atoms with E-state index in [4.69, 9.17) is 16.9 Å². The van der Waals surface area contributed by atoms with Crippen LogP contribution >= 0.6 is 11.6 Å². The molecule has 2 aromatic rings. The van der Waals surface area contributed by atoms with Gasteiger partial charge in [0.25, 0.3) is 0 Å². The van der Waals surface area contributed by atoms with Crippen LogP contribution in [0.2, 0.25) is 5.15 Å². The van der Waals surface area contributed by atoms with E-state index in [9.17, 15) is 4.39 Å². The van der Waals surface area contributed by atoms with Crippen molar-refractivity contribution in [2.24, 2.45) is 0 Å². The van der Waals surface area contributed by atoms with E-state index >= 15 is 0 Å². The van der Waals surface area contributed by atoms with E-state index in [0.29, 0.717) is 29.4 Å². The SMILES string of the molecule is CCc1nn(Cc2ccc(F)cc2)c(Cl)c1C#N. The molecule has 1 aromatic carbocycles. The topological polar surface area (TPSA) is 41.6 Å². The van der Waals surface area contributed by atoms with Gasteiger partial charge in [0.05, 0.1) is 12.2 Å². The fraction of sp³-hybridized carbons (Fsp3) is 0.231. The molecule has 0 amide bonds. The Morgan fingerprint density at radius 1 is 1.39 bits per heavy atom. The van der Waals surface area contributed by atoms with Gasteiger partial charge in [-0.05, 0) is 24.1 Å². The normalized spacial score (nSPS) is 10.3. The van der Waals surface area contributed by atoms with Crippen molar-refractivity contribution in [1.29, 1.82) is 5.26 Å². The number of halogens is 2. The molecule has 18 heavy (non-hydrogen) atoms. The molecule has 0 bridgehead atoms. The number of hydrogen-bond donors (Lipinski definition) is 0. The quantitative estimate of drug-likeness (QED) is 0.854. The molecule has 0 aliphatic carbocycles. The van der Waals surface area contributed by atoms with Gasteiger partial charge in [0.2, 0.25) is 0 Å². The second kappa shape index (κ2) is 5.19. The van der Waals surface area contributed by atoms with Crippen LogP contribution in [0.4, 0.5) is 4.39 Å². The number of benzene rings is 1. The zero-order valence-corrected chi connectivity index (χ0v) is 10.6. The van der Waals surface area contributed by atoms with Crippen molar-refractivity contribution >= 4 is 11.6 Å². The van der Waals surface area contributed by atoms with Crippen molar-refractivity contribution in [3.63, 3.8) is 0 Å². The first-order valence-corrected chi connectivity index (χ1v) is 5.93. The molecule has 5 heteroatoms. The molecule has 3 nitrogen and oxygen atoms in total. The minimum absolute atomic E-state index is 0.280. The summed E-state index contributed by atoms with van der Waals surface area (Å²) < 4.78 is 14.4. The van der Waals surface area contributed by atoms with E-state index in [1.54, 1.807) is 16.8 Å². The van der Waals surface area contributed by atoms with Gasteiger partial charge in [0.1, 0.15) is 22.6 Å². The van der Waals surface area contributed by atoms with Crippen LogP contribution in [0.3, 0.4) is 0 Å². The molecule has 0 saturated carbocycles. The van der Waals surface area contributed by atoms with Crippen LogP contribution in [0.5, 0.6) is 0 Å². The van der Waals surface area contributed by atoms with Crippen molar-refractivity contribution in [1.82, 2.24) is 9.78 Å². The summed E-state index contributed by atoms with van der Waals surface area (Å²) in [4.78, 5) is 0. The summed E-state index contributed by atoms with van der Waals surface area (Å²) in [5.74, 6) is -0.280. The molecule has 2 rings (SSSR count). The van der Waals surface area contributed by atoms with E-state index in [1.807, 2.05) is 6.92 Å². The Morgan fingerprint density at radius 3 is 2.56 bits per heavy atom. The van der Waals surface area contributed by atoms with Crippen molar-refractivity contribution in [3.05, 3.63) is 52.1 Å². The summed E-state index contributed by atoms with van der Waals surface area (Å²) in [5, 5.41) is 13.6. The monoisotopic (exact) mass is 263 g/mol. The van der Waals surface area contributed by atoms with Gasteiger partial charge in [-0.2, -0.15) is 10.4 Å². The highest BCUT2D eigenvalue weighted by Crippen LogP contribution is 2.20. The Kier molecular flexibility index (Phi) is 3.63. The summed E-state index contributed by atoms with van der Waals surface area (Å²) in [5.41, 5.74) is 1.99. The van der Waals surface area contributed by atoms with Gasteiger partial charge in [-0.25, -0.2) is 9.07 Å². The molecular formula is C13H11ClFN3. The third-order valence-corrected chi connectivity index (χ3v) is 3.04. The molecule has 0 unspecified atom stereocenters. The number of nitrogens with zero attached hydrogens (tertiary/aromatic N) is 3. The van der Waals surface area contributed by atoms with Gasteiger partial charge in [0, 0.05) is 0 Å². The second-order valence-electron chi connectivity index (χ2n) is 3.86. The van der Waals surface area contributed by atoms with Gasteiger partial charge in [-0.1, -0.05) is 30.7 Å².